The van der Waals surface area contributed by atoms with Crippen LogP contribution in [-0.2, 0) is 0 Å². The predicted octanol–water partition coefficient (Wildman–Crippen LogP) is 5.02. The number of anilines is 1. The zero-order valence-electron chi connectivity index (χ0n) is 16.8. The molecule has 0 saturated heterocycles. The van der Waals surface area contributed by atoms with Gasteiger partial charge in [-0.05, 0) is 49.9 Å². The summed E-state index contributed by atoms with van der Waals surface area (Å²) in [4.78, 5) is 15.7. The monoisotopic (exact) mass is 423 g/mol. The molecule has 1 saturated carbocycles. The molecule has 1 atom stereocenters. The lowest BCUT2D eigenvalue weighted by Gasteiger charge is -2.17. The molecule has 2 N–H and O–H groups in total. The molecule has 1 fully saturated rings. The van der Waals surface area contributed by atoms with Gasteiger partial charge in [-0.2, -0.15) is 5.26 Å². The second-order valence-corrected chi connectivity index (χ2v) is 7.98. The van der Waals surface area contributed by atoms with E-state index < -0.39 is 0 Å². The maximum Gasteiger partial charge on any atom is 0.253 e. The topological polar surface area (TPSA) is 87.1 Å². The number of fused-ring (bicyclic) bond motifs is 1. The van der Waals surface area contributed by atoms with Crippen molar-refractivity contribution >= 4 is 28.2 Å². The molecule has 3 aromatic rings. The van der Waals surface area contributed by atoms with Gasteiger partial charge in [-0.25, -0.2) is 0 Å². The summed E-state index contributed by atoms with van der Waals surface area (Å²) in [7, 11) is 1.52. The third-order valence-electron chi connectivity index (χ3n) is 5.27. The van der Waals surface area contributed by atoms with Gasteiger partial charge in [-0.1, -0.05) is 11.6 Å². The van der Waals surface area contributed by atoms with Crippen LogP contribution in [0.3, 0.4) is 0 Å². The van der Waals surface area contributed by atoms with Crippen molar-refractivity contribution in [2.75, 3.05) is 19.0 Å². The largest absolute Gasteiger partial charge is 0.495 e. The Labute approximate surface area is 179 Å². The fourth-order valence-corrected chi connectivity index (χ4v) is 3.58. The number of nitriles is 1. The number of pyridine rings is 1. The van der Waals surface area contributed by atoms with E-state index in [1.807, 2.05) is 19.1 Å². The van der Waals surface area contributed by atoms with E-state index in [9.17, 15) is 4.79 Å². The minimum absolute atomic E-state index is 0.182. The molecule has 1 aromatic heterocycles. The summed E-state index contributed by atoms with van der Waals surface area (Å²) in [5, 5.41) is 13.8. The number of ether oxygens (including phenoxy) is 2. The molecule has 4 rings (SSSR count). The lowest BCUT2D eigenvalue weighted by molar-refractivity contribution is 0.300. The highest BCUT2D eigenvalue weighted by Gasteiger charge is 2.22. The molecule has 1 aliphatic rings. The van der Waals surface area contributed by atoms with Crippen molar-refractivity contribution in [1.29, 1.82) is 5.26 Å². The molecule has 154 valence electrons. The molecule has 0 aliphatic heterocycles. The lowest BCUT2D eigenvalue weighted by Crippen LogP contribution is -2.19. The van der Waals surface area contributed by atoms with Crippen molar-refractivity contribution in [3.63, 3.8) is 0 Å². The van der Waals surface area contributed by atoms with E-state index in [0.717, 1.165) is 11.1 Å². The summed E-state index contributed by atoms with van der Waals surface area (Å²) < 4.78 is 11.1. The zero-order valence-corrected chi connectivity index (χ0v) is 17.5. The first-order valence-corrected chi connectivity index (χ1v) is 10.2. The van der Waals surface area contributed by atoms with E-state index in [4.69, 9.17) is 26.3 Å². The summed E-state index contributed by atoms with van der Waals surface area (Å²) in [5.74, 6) is 1.69. The number of nitrogens with one attached hydrogen (secondary N) is 2. The Balaban J connectivity index is 1.60. The van der Waals surface area contributed by atoms with E-state index >= 15 is 0 Å². The van der Waals surface area contributed by atoms with Crippen molar-refractivity contribution in [3.8, 4) is 17.6 Å². The van der Waals surface area contributed by atoms with Gasteiger partial charge in [0.1, 0.15) is 17.6 Å². The number of benzene rings is 2. The SMILES string of the molecule is COc1cc(NC(C)c2cc3cc(Cl)c(OCC4CC4)cc3[nH]c2=O)ccc1C#N. The molecule has 1 aliphatic carbocycles. The smallest absolute Gasteiger partial charge is 0.253 e. The first-order valence-electron chi connectivity index (χ1n) is 9.82. The summed E-state index contributed by atoms with van der Waals surface area (Å²) in [6.07, 6.45) is 2.39. The molecule has 0 spiro atoms. The molecular formula is C23H22ClN3O3. The first kappa shape index (κ1) is 20.1. The van der Waals surface area contributed by atoms with Gasteiger partial charge in [0.15, 0.2) is 0 Å². The Morgan fingerprint density at radius 2 is 2.07 bits per heavy atom. The second kappa shape index (κ2) is 8.29. The molecular weight excluding hydrogens is 402 g/mol. The third-order valence-corrected chi connectivity index (χ3v) is 5.56. The predicted molar refractivity (Wildman–Crippen MR) is 118 cm³/mol. The van der Waals surface area contributed by atoms with E-state index in [2.05, 4.69) is 16.4 Å². The zero-order chi connectivity index (χ0) is 21.3. The van der Waals surface area contributed by atoms with Crippen LogP contribution in [0.5, 0.6) is 11.5 Å². The minimum atomic E-state index is -0.277. The molecule has 6 nitrogen and oxygen atoms in total. The fourth-order valence-electron chi connectivity index (χ4n) is 3.35. The molecule has 0 radical (unpaired) electrons. The van der Waals surface area contributed by atoms with Crippen molar-refractivity contribution in [1.82, 2.24) is 4.98 Å². The van der Waals surface area contributed by atoms with E-state index in [1.165, 1.54) is 20.0 Å². The van der Waals surface area contributed by atoms with Gasteiger partial charge in [-0.15, -0.1) is 0 Å². The van der Waals surface area contributed by atoms with Gasteiger partial charge >= 0.3 is 0 Å². The van der Waals surface area contributed by atoms with E-state index in [1.54, 1.807) is 24.3 Å². The number of H-pyrrole nitrogens is 1. The van der Waals surface area contributed by atoms with Crippen LogP contribution in [0, 0.1) is 17.2 Å². The normalized spacial score (nSPS) is 14.2. The second-order valence-electron chi connectivity index (χ2n) is 7.57. The standard InChI is InChI=1S/C23H22ClN3O3/c1-13(26-17-6-5-15(11-25)21(9-17)29-2)18-7-16-8-19(24)22(30-12-14-3-4-14)10-20(16)27-23(18)28/h5-10,13-14,26H,3-4,12H2,1-2H3,(H,27,28). The Morgan fingerprint density at radius 3 is 2.77 bits per heavy atom. The molecule has 2 aromatic carbocycles. The van der Waals surface area contributed by atoms with Crippen LogP contribution in [0.15, 0.2) is 41.2 Å². The summed E-state index contributed by atoms with van der Waals surface area (Å²) in [6.45, 7) is 2.55. The van der Waals surface area contributed by atoms with Crippen LogP contribution in [0.2, 0.25) is 5.02 Å². The summed E-state index contributed by atoms with van der Waals surface area (Å²) in [5.41, 5.74) is 2.28. The van der Waals surface area contributed by atoms with Crippen LogP contribution < -0.4 is 20.3 Å². The van der Waals surface area contributed by atoms with Crippen molar-refractivity contribution in [2.45, 2.75) is 25.8 Å². The van der Waals surface area contributed by atoms with E-state index in [0.29, 0.717) is 45.7 Å². The van der Waals surface area contributed by atoms with Gasteiger partial charge in [0.05, 0.1) is 35.9 Å². The highest BCUT2D eigenvalue weighted by Crippen LogP contribution is 2.34. The van der Waals surface area contributed by atoms with Crippen molar-refractivity contribution in [3.05, 3.63) is 62.9 Å². The third kappa shape index (κ3) is 4.22. The lowest BCUT2D eigenvalue weighted by atomic mass is 10.1. The molecule has 1 unspecified atom stereocenters. The highest BCUT2D eigenvalue weighted by molar-refractivity contribution is 6.32. The van der Waals surface area contributed by atoms with Crippen LogP contribution in [0.4, 0.5) is 5.69 Å². The summed E-state index contributed by atoms with van der Waals surface area (Å²) >= 11 is 6.40. The summed E-state index contributed by atoms with van der Waals surface area (Å²) in [6, 6.07) is 12.5. The number of hydrogen-bond donors (Lipinski definition) is 2. The highest BCUT2D eigenvalue weighted by atomic mass is 35.5. The number of methoxy groups -OCH3 is 1. The average molecular weight is 424 g/mol. The molecule has 30 heavy (non-hydrogen) atoms. The Morgan fingerprint density at radius 1 is 1.27 bits per heavy atom. The quantitative estimate of drug-likeness (QED) is 0.556. The number of aromatic amines is 1. The number of aromatic nitrogens is 1. The number of hydrogen-bond acceptors (Lipinski definition) is 5. The van der Waals surface area contributed by atoms with Gasteiger partial charge in [0.2, 0.25) is 0 Å². The number of halogens is 1. The van der Waals surface area contributed by atoms with E-state index in [-0.39, 0.29) is 11.6 Å². The van der Waals surface area contributed by atoms with Crippen molar-refractivity contribution < 1.29 is 9.47 Å². The van der Waals surface area contributed by atoms with Gasteiger partial charge in [0.25, 0.3) is 5.56 Å². The van der Waals surface area contributed by atoms with Gasteiger partial charge < -0.3 is 19.8 Å². The van der Waals surface area contributed by atoms with Gasteiger partial charge in [0, 0.05) is 28.8 Å². The Kier molecular flexibility index (Phi) is 5.56. The van der Waals surface area contributed by atoms with Crippen LogP contribution in [-0.4, -0.2) is 18.7 Å². The average Bonchev–Trinajstić information content (AvgIpc) is 3.56. The van der Waals surface area contributed by atoms with Crippen molar-refractivity contribution in [2.24, 2.45) is 5.92 Å². The first-order chi connectivity index (χ1) is 14.5. The fraction of sp³-hybridized carbons (Fsp3) is 0.304. The Bertz CT molecular complexity index is 1190. The van der Waals surface area contributed by atoms with Crippen LogP contribution in [0.25, 0.3) is 10.9 Å². The molecule has 0 bridgehead atoms. The maximum atomic E-state index is 12.7. The van der Waals surface area contributed by atoms with Crippen LogP contribution >= 0.6 is 11.6 Å². The van der Waals surface area contributed by atoms with Crippen LogP contribution in [0.1, 0.15) is 36.9 Å². The molecule has 7 heteroatoms. The number of nitrogens with zero attached hydrogens (tertiary/aromatic N) is 1. The maximum absolute atomic E-state index is 12.7. The Hall–Kier alpha value is -3.17. The molecule has 0 amide bonds. The molecule has 1 heterocycles. The minimum Gasteiger partial charge on any atom is -0.495 e. The van der Waals surface area contributed by atoms with Gasteiger partial charge in [-0.3, -0.25) is 4.79 Å². The number of rotatable bonds is 7.